The molecule has 0 fully saturated rings. The Morgan fingerprint density at radius 1 is 1.00 bits per heavy atom. The maximum atomic E-state index is 9.86. The molecule has 50 valence electrons. The predicted molar refractivity (Wildman–Crippen MR) is 32.2 cm³/mol. The fourth-order valence-corrected chi connectivity index (χ4v) is 1.92. The first kappa shape index (κ1) is 8.38. The molecule has 0 aliphatic carbocycles. The molecule has 0 bridgehead atoms. The molecule has 0 heterocycles. The summed E-state index contributed by atoms with van der Waals surface area (Å²) >= 11 is 0. The summed E-state index contributed by atoms with van der Waals surface area (Å²) in [6.07, 6.45) is -0.0576. The summed E-state index contributed by atoms with van der Waals surface area (Å²) in [5.41, 5.74) is 0. The van der Waals surface area contributed by atoms with Crippen LogP contribution in [0.15, 0.2) is 0 Å². The van der Waals surface area contributed by atoms with Crippen molar-refractivity contribution >= 4 is 16.1 Å². The topological polar surface area (TPSA) is 74.6 Å². The van der Waals surface area contributed by atoms with Crippen molar-refractivity contribution in [3.05, 3.63) is 0 Å². The van der Waals surface area contributed by atoms with Gasteiger partial charge in [0, 0.05) is 12.3 Å². The Balaban J connectivity index is 3.18. The van der Waals surface area contributed by atoms with Crippen molar-refractivity contribution in [2.24, 2.45) is 0 Å². The van der Waals surface area contributed by atoms with Crippen LogP contribution in [-0.2, 0) is 9.13 Å². The van der Waals surface area contributed by atoms with Gasteiger partial charge in [0.25, 0.3) is 0 Å². The Labute approximate surface area is 48.3 Å². The molecule has 0 aromatic heterocycles. The van der Waals surface area contributed by atoms with Gasteiger partial charge in [0.15, 0.2) is 16.1 Å². The van der Waals surface area contributed by atoms with Crippen LogP contribution in [0.5, 0.6) is 0 Å². The van der Waals surface area contributed by atoms with Crippen molar-refractivity contribution in [3.63, 3.8) is 0 Å². The van der Waals surface area contributed by atoms with E-state index < -0.39 is 16.1 Å². The Hall–Kier alpha value is 0.380. The van der Waals surface area contributed by atoms with E-state index in [1.165, 1.54) is 0 Å². The highest BCUT2D eigenvalue weighted by Gasteiger charge is 1.95. The van der Waals surface area contributed by atoms with Gasteiger partial charge in [-0.1, -0.05) is 0 Å². The van der Waals surface area contributed by atoms with Gasteiger partial charge in [0.2, 0.25) is 0 Å². The van der Waals surface area contributed by atoms with E-state index in [0.717, 1.165) is 0 Å². The average Bonchev–Trinajstić information content (AvgIpc) is 1.61. The second-order valence-electron chi connectivity index (χ2n) is 1.29. The zero-order valence-electron chi connectivity index (χ0n) is 4.13. The zero-order valence-corrected chi connectivity index (χ0v) is 6.13. The van der Waals surface area contributed by atoms with Gasteiger partial charge in [0.05, 0.1) is 0 Å². The average molecular weight is 158 g/mol. The van der Waals surface area contributed by atoms with E-state index in [2.05, 4.69) is 0 Å². The van der Waals surface area contributed by atoms with Gasteiger partial charge in [-0.05, 0) is 0 Å². The van der Waals surface area contributed by atoms with Crippen LogP contribution in [0.4, 0.5) is 0 Å². The normalized spacial score (nSPS) is 17.8. The zero-order chi connectivity index (χ0) is 6.57. The summed E-state index contributed by atoms with van der Waals surface area (Å²) in [4.78, 5) is 16.2. The predicted octanol–water partition coefficient (Wildman–Crippen LogP) is -0.0796. The molecule has 0 aromatic rings. The third-order valence-corrected chi connectivity index (χ3v) is 2.41. The lowest BCUT2D eigenvalue weighted by atomic mass is 11.0. The summed E-state index contributed by atoms with van der Waals surface area (Å²) in [6.45, 7) is 0. The number of hydrogen-bond acceptors (Lipinski definition) is 2. The lowest BCUT2D eigenvalue weighted by Crippen LogP contribution is -1.79. The van der Waals surface area contributed by atoms with E-state index in [-0.39, 0.29) is 12.3 Å². The largest absolute Gasteiger partial charge is 0.346 e. The molecule has 0 saturated carbocycles. The fourth-order valence-electron chi connectivity index (χ4n) is 0.214. The molecule has 0 rings (SSSR count). The van der Waals surface area contributed by atoms with Crippen LogP contribution in [0, 0.1) is 0 Å². The molecular weight excluding hydrogens is 150 g/mol. The quantitative estimate of drug-likeness (QED) is 0.563. The Morgan fingerprint density at radius 3 is 1.38 bits per heavy atom. The van der Waals surface area contributed by atoms with E-state index in [1.54, 1.807) is 0 Å². The second kappa shape index (κ2) is 4.28. The first-order valence-corrected chi connectivity index (χ1v) is 5.19. The summed E-state index contributed by atoms with van der Waals surface area (Å²) in [5, 5.41) is 0. The minimum absolute atomic E-state index is 0.0288. The Morgan fingerprint density at radius 2 is 1.25 bits per heavy atom. The molecule has 0 amide bonds. The van der Waals surface area contributed by atoms with E-state index in [0.29, 0.717) is 0 Å². The molecule has 0 spiro atoms. The summed E-state index contributed by atoms with van der Waals surface area (Å²) in [7, 11) is -5.03. The lowest BCUT2D eigenvalue weighted by molar-refractivity contribution is 0.494. The van der Waals surface area contributed by atoms with Crippen LogP contribution < -0.4 is 0 Å². The molecule has 4 nitrogen and oxygen atoms in total. The lowest BCUT2D eigenvalue weighted by Gasteiger charge is -1.88. The summed E-state index contributed by atoms with van der Waals surface area (Å²) in [5.74, 6) is 0. The number of rotatable bonds is 3. The first-order chi connectivity index (χ1) is 3.63. The third-order valence-electron chi connectivity index (χ3n) is 0.553. The molecule has 0 aromatic carbocycles. The Bertz CT molecular complexity index is 96.6. The first-order valence-electron chi connectivity index (χ1n) is 2.06. The van der Waals surface area contributed by atoms with Crippen molar-refractivity contribution < 1.29 is 18.9 Å². The maximum absolute atomic E-state index is 9.86. The highest BCUT2D eigenvalue weighted by atomic mass is 31.1. The maximum Gasteiger partial charge on any atom is 0.189 e. The monoisotopic (exact) mass is 158 g/mol. The molecule has 8 heavy (non-hydrogen) atoms. The molecular formula is C2H8O4P2. The van der Waals surface area contributed by atoms with Gasteiger partial charge in [0.1, 0.15) is 0 Å². The molecule has 0 saturated heterocycles. The SMILES string of the molecule is O=[PH](O)CC[PH](=O)O. The molecule has 2 atom stereocenters. The molecule has 6 heteroatoms. The van der Waals surface area contributed by atoms with E-state index in [4.69, 9.17) is 9.79 Å². The van der Waals surface area contributed by atoms with Gasteiger partial charge in [-0.3, -0.25) is 9.13 Å². The van der Waals surface area contributed by atoms with Gasteiger partial charge < -0.3 is 9.79 Å². The van der Waals surface area contributed by atoms with Crippen molar-refractivity contribution in [2.45, 2.75) is 0 Å². The van der Waals surface area contributed by atoms with Crippen LogP contribution in [-0.4, -0.2) is 22.1 Å². The smallest absolute Gasteiger partial charge is 0.189 e. The van der Waals surface area contributed by atoms with E-state index in [1.807, 2.05) is 0 Å². The molecule has 0 aliphatic rings. The molecule has 2 unspecified atom stereocenters. The van der Waals surface area contributed by atoms with E-state index >= 15 is 0 Å². The van der Waals surface area contributed by atoms with Crippen molar-refractivity contribution in [2.75, 3.05) is 12.3 Å². The second-order valence-corrected chi connectivity index (χ2v) is 3.86. The molecule has 2 N–H and O–H groups in total. The molecule has 0 radical (unpaired) electrons. The van der Waals surface area contributed by atoms with Crippen LogP contribution in [0.25, 0.3) is 0 Å². The van der Waals surface area contributed by atoms with Gasteiger partial charge in [-0.2, -0.15) is 0 Å². The minimum atomic E-state index is -2.51. The van der Waals surface area contributed by atoms with Gasteiger partial charge >= 0.3 is 0 Å². The van der Waals surface area contributed by atoms with Crippen molar-refractivity contribution in [1.82, 2.24) is 0 Å². The van der Waals surface area contributed by atoms with Gasteiger partial charge in [-0.15, -0.1) is 0 Å². The van der Waals surface area contributed by atoms with Crippen molar-refractivity contribution in [1.29, 1.82) is 0 Å². The van der Waals surface area contributed by atoms with Crippen molar-refractivity contribution in [3.8, 4) is 0 Å². The highest BCUT2D eigenvalue weighted by Crippen LogP contribution is 2.20. The third kappa shape index (κ3) is 6.38. The minimum Gasteiger partial charge on any atom is -0.346 e. The number of hydrogen-bond donors (Lipinski definition) is 2. The van der Waals surface area contributed by atoms with Crippen LogP contribution in [0.3, 0.4) is 0 Å². The van der Waals surface area contributed by atoms with E-state index in [9.17, 15) is 9.13 Å². The summed E-state index contributed by atoms with van der Waals surface area (Å²) in [6, 6.07) is 0. The molecule has 0 aliphatic heterocycles. The fraction of sp³-hybridized carbons (Fsp3) is 1.00. The van der Waals surface area contributed by atoms with Crippen LogP contribution in [0.2, 0.25) is 0 Å². The Kier molecular flexibility index (Phi) is 4.48. The van der Waals surface area contributed by atoms with Gasteiger partial charge in [-0.25, -0.2) is 0 Å². The van der Waals surface area contributed by atoms with Crippen LogP contribution >= 0.6 is 16.1 Å². The highest BCUT2D eigenvalue weighted by molar-refractivity contribution is 7.42. The van der Waals surface area contributed by atoms with Crippen LogP contribution in [0.1, 0.15) is 0 Å². The standard InChI is InChI=1S/C2H8O4P2/c3-7(4)1-2-8(5)6/h7-8H,1-2H2,(H,3,4)(H,5,6). The summed E-state index contributed by atoms with van der Waals surface area (Å²) < 4.78 is 19.7.